The molecule has 10 nitrogen and oxygen atoms in total. The van der Waals surface area contributed by atoms with Crippen LogP contribution in [0, 0.1) is 28.4 Å². The molecule has 3 N–H and O–H groups in total. The van der Waals surface area contributed by atoms with Crippen LogP contribution in [0.15, 0.2) is 38.9 Å². The second kappa shape index (κ2) is 6.96. The van der Waals surface area contributed by atoms with E-state index >= 15 is 0 Å². The molecule has 0 bridgehead atoms. The lowest BCUT2D eigenvalue weighted by atomic mass is 9.84. The van der Waals surface area contributed by atoms with E-state index in [0.29, 0.717) is 0 Å². The highest BCUT2D eigenvalue weighted by atomic mass is 16.6. The monoisotopic (exact) mass is 385 g/mol. The first-order valence-corrected chi connectivity index (χ1v) is 8.14. The van der Waals surface area contributed by atoms with Crippen LogP contribution in [0.3, 0.4) is 0 Å². The van der Waals surface area contributed by atoms with Gasteiger partial charge in [0, 0.05) is 12.1 Å². The van der Waals surface area contributed by atoms with Crippen molar-refractivity contribution >= 4 is 5.69 Å². The molecule has 1 aromatic carbocycles. The van der Waals surface area contributed by atoms with Crippen molar-refractivity contribution in [1.82, 2.24) is 0 Å². The fourth-order valence-electron chi connectivity index (χ4n) is 3.04. The third kappa shape index (κ3) is 2.99. The summed E-state index contributed by atoms with van der Waals surface area (Å²) < 4.78 is 15.8. The Hall–Kier alpha value is -4.00. The van der Waals surface area contributed by atoms with Crippen LogP contribution in [0.1, 0.15) is 29.7 Å². The first kappa shape index (κ1) is 18.8. The zero-order valence-electron chi connectivity index (χ0n) is 14.9. The molecule has 1 aliphatic rings. The molecule has 0 aliphatic carbocycles. The molecular formula is C18H15N3O7. The van der Waals surface area contributed by atoms with Crippen molar-refractivity contribution in [3.8, 4) is 23.3 Å². The number of benzene rings is 1. The highest BCUT2D eigenvalue weighted by Crippen LogP contribution is 2.45. The Bertz CT molecular complexity index is 1110. The van der Waals surface area contributed by atoms with E-state index in [2.05, 4.69) is 0 Å². The number of aromatic hydroxyl groups is 1. The molecule has 1 aliphatic heterocycles. The summed E-state index contributed by atoms with van der Waals surface area (Å²) in [5.41, 5.74) is 4.44. The van der Waals surface area contributed by atoms with Crippen LogP contribution in [0.4, 0.5) is 5.69 Å². The number of nitrogens with zero attached hydrogens (tertiary/aromatic N) is 2. The summed E-state index contributed by atoms with van der Waals surface area (Å²) in [6.45, 7) is 3.30. The topological polar surface area (TPSA) is 162 Å². The minimum absolute atomic E-state index is 0.0289. The van der Waals surface area contributed by atoms with Crippen molar-refractivity contribution in [2.45, 2.75) is 19.8 Å². The van der Waals surface area contributed by atoms with Crippen LogP contribution >= 0.6 is 0 Å². The number of nitriles is 1. The Labute approximate surface area is 158 Å². The number of phenolic OH excluding ortho intramolecular Hbond substituents is 1. The molecule has 1 aromatic heterocycles. The van der Waals surface area contributed by atoms with Crippen LogP contribution in [0.5, 0.6) is 17.2 Å². The van der Waals surface area contributed by atoms with E-state index in [0.717, 1.165) is 6.07 Å². The molecule has 10 heteroatoms. The van der Waals surface area contributed by atoms with Gasteiger partial charge < -0.3 is 24.7 Å². The SMILES string of the molecule is CCOc1cc([C@H]2C(C#N)=C(N)Oc3cc(C)oc(=O)c32)cc([N+](=O)[O-])c1O. The maximum absolute atomic E-state index is 12.5. The molecule has 144 valence electrons. The fourth-order valence-corrected chi connectivity index (χ4v) is 3.04. The van der Waals surface area contributed by atoms with Crippen LogP contribution < -0.4 is 20.8 Å². The molecule has 28 heavy (non-hydrogen) atoms. The number of fused-ring (bicyclic) bond motifs is 1. The zero-order chi connectivity index (χ0) is 20.6. The van der Waals surface area contributed by atoms with Gasteiger partial charge in [-0.25, -0.2) is 4.79 Å². The number of nitro benzene ring substituents is 1. The predicted molar refractivity (Wildman–Crippen MR) is 94.9 cm³/mol. The third-order valence-corrected chi connectivity index (χ3v) is 4.16. The van der Waals surface area contributed by atoms with E-state index in [1.54, 1.807) is 13.8 Å². The van der Waals surface area contributed by atoms with Gasteiger partial charge in [0.1, 0.15) is 23.2 Å². The number of phenols is 1. The van der Waals surface area contributed by atoms with Gasteiger partial charge in [-0.15, -0.1) is 0 Å². The smallest absolute Gasteiger partial charge is 0.343 e. The van der Waals surface area contributed by atoms with Crippen LogP contribution in [0.25, 0.3) is 0 Å². The summed E-state index contributed by atoms with van der Waals surface area (Å²) >= 11 is 0. The lowest BCUT2D eigenvalue weighted by Crippen LogP contribution is -2.26. The maximum Gasteiger partial charge on any atom is 0.343 e. The molecule has 1 atom stereocenters. The Morgan fingerprint density at radius 1 is 1.43 bits per heavy atom. The third-order valence-electron chi connectivity index (χ3n) is 4.16. The minimum atomic E-state index is -1.09. The number of rotatable bonds is 4. The Balaban J connectivity index is 2.35. The summed E-state index contributed by atoms with van der Waals surface area (Å²) in [6, 6.07) is 5.68. The number of aryl methyl sites for hydroxylation is 1. The predicted octanol–water partition coefficient (Wildman–Crippen LogP) is 2.18. The molecule has 2 heterocycles. The van der Waals surface area contributed by atoms with Gasteiger partial charge in [-0.1, -0.05) is 0 Å². The second-order valence-corrected chi connectivity index (χ2v) is 5.92. The quantitative estimate of drug-likeness (QED) is 0.593. The Morgan fingerprint density at radius 3 is 2.75 bits per heavy atom. The van der Waals surface area contributed by atoms with E-state index in [-0.39, 0.29) is 46.4 Å². The summed E-state index contributed by atoms with van der Waals surface area (Å²) in [5, 5.41) is 31.0. The summed E-state index contributed by atoms with van der Waals surface area (Å²) in [6.07, 6.45) is 0. The van der Waals surface area contributed by atoms with Gasteiger partial charge in [-0.3, -0.25) is 10.1 Å². The highest BCUT2D eigenvalue weighted by molar-refractivity contribution is 5.62. The first-order chi connectivity index (χ1) is 13.3. The average Bonchev–Trinajstić information content (AvgIpc) is 2.62. The van der Waals surface area contributed by atoms with Crippen LogP contribution in [0.2, 0.25) is 0 Å². The summed E-state index contributed by atoms with van der Waals surface area (Å²) in [5.74, 6) is -1.80. The van der Waals surface area contributed by atoms with Gasteiger partial charge in [0.05, 0.1) is 23.0 Å². The van der Waals surface area contributed by atoms with E-state index in [9.17, 15) is 25.3 Å². The largest absolute Gasteiger partial charge is 0.500 e. The van der Waals surface area contributed by atoms with Gasteiger partial charge in [0.2, 0.25) is 11.6 Å². The van der Waals surface area contributed by atoms with Gasteiger partial charge in [-0.2, -0.15) is 5.26 Å². The maximum atomic E-state index is 12.5. The molecule has 0 radical (unpaired) electrons. The number of hydrogen-bond donors (Lipinski definition) is 2. The van der Waals surface area contributed by atoms with Crippen LogP contribution in [-0.2, 0) is 0 Å². The van der Waals surface area contributed by atoms with Crippen molar-refractivity contribution in [1.29, 1.82) is 5.26 Å². The summed E-state index contributed by atoms with van der Waals surface area (Å²) in [7, 11) is 0. The molecular weight excluding hydrogens is 370 g/mol. The fraction of sp³-hybridized carbons (Fsp3) is 0.222. The molecule has 0 fully saturated rings. The zero-order valence-corrected chi connectivity index (χ0v) is 14.9. The highest BCUT2D eigenvalue weighted by Gasteiger charge is 2.36. The van der Waals surface area contributed by atoms with Crippen molar-refractivity contribution < 1.29 is 23.9 Å². The van der Waals surface area contributed by atoms with Gasteiger partial charge in [0.25, 0.3) is 0 Å². The first-order valence-electron chi connectivity index (χ1n) is 8.14. The number of ether oxygens (including phenoxy) is 2. The lowest BCUT2D eigenvalue weighted by Gasteiger charge is -2.25. The van der Waals surface area contributed by atoms with Gasteiger partial charge in [-0.05, 0) is 25.5 Å². The molecule has 0 saturated heterocycles. The standard InChI is InChI=1S/C18H15N3O7/c1-3-26-13-6-9(5-11(16(13)22)21(24)25)14-10(7-19)17(20)28-12-4-8(2)27-18(23)15(12)14/h4-6,14,22H,3,20H2,1-2H3/t14-/m0/s1. The lowest BCUT2D eigenvalue weighted by molar-refractivity contribution is -0.386. The molecule has 0 amide bonds. The average molecular weight is 385 g/mol. The van der Waals surface area contributed by atoms with Crippen molar-refractivity contribution in [2.24, 2.45) is 5.73 Å². The minimum Gasteiger partial charge on any atom is -0.500 e. The van der Waals surface area contributed by atoms with E-state index in [1.807, 2.05) is 6.07 Å². The van der Waals surface area contributed by atoms with E-state index in [1.165, 1.54) is 12.1 Å². The Morgan fingerprint density at radius 2 is 2.14 bits per heavy atom. The van der Waals surface area contributed by atoms with Crippen molar-refractivity contribution in [3.05, 3.63) is 67.1 Å². The van der Waals surface area contributed by atoms with Crippen molar-refractivity contribution in [2.75, 3.05) is 6.61 Å². The number of hydrogen-bond acceptors (Lipinski definition) is 9. The summed E-state index contributed by atoms with van der Waals surface area (Å²) in [4.78, 5) is 23.1. The van der Waals surface area contributed by atoms with Crippen LogP contribution in [-0.4, -0.2) is 16.6 Å². The molecule has 0 spiro atoms. The molecule has 3 rings (SSSR count). The number of nitro groups is 1. The molecule has 2 aromatic rings. The number of allylic oxidation sites excluding steroid dienone is 1. The van der Waals surface area contributed by atoms with Crippen molar-refractivity contribution in [3.63, 3.8) is 0 Å². The molecule has 0 unspecified atom stereocenters. The van der Waals surface area contributed by atoms with Gasteiger partial charge >= 0.3 is 11.3 Å². The van der Waals surface area contributed by atoms with Gasteiger partial charge in [0.15, 0.2) is 5.75 Å². The Kier molecular flexibility index (Phi) is 4.67. The normalized spacial score (nSPS) is 15.4. The second-order valence-electron chi connectivity index (χ2n) is 5.92. The van der Waals surface area contributed by atoms with E-state index < -0.39 is 27.9 Å². The molecule has 0 saturated carbocycles. The number of nitrogens with two attached hydrogens (primary N) is 1. The van der Waals surface area contributed by atoms with E-state index in [4.69, 9.17) is 19.6 Å².